The van der Waals surface area contributed by atoms with Crippen molar-refractivity contribution >= 4 is 0 Å². The van der Waals surface area contributed by atoms with Crippen molar-refractivity contribution in [3.8, 4) is 5.88 Å². The molecule has 0 aromatic carbocycles. The van der Waals surface area contributed by atoms with Crippen LogP contribution in [0.1, 0.15) is 11.6 Å². The standard InChI is InChI=1S/C10H14N2O2/c1-13-10-3-2-8(6-12-10)9-7-14-5-4-11-9/h2-3,6,9,11H,4-5,7H2,1H3/t9-/m1/s1. The lowest BCUT2D eigenvalue weighted by atomic mass is 10.1. The number of methoxy groups -OCH3 is 1. The molecule has 4 nitrogen and oxygen atoms in total. The largest absolute Gasteiger partial charge is 0.481 e. The van der Waals surface area contributed by atoms with Crippen LogP contribution >= 0.6 is 0 Å². The molecule has 76 valence electrons. The third-order valence-electron chi connectivity index (χ3n) is 2.29. The fourth-order valence-corrected chi connectivity index (χ4v) is 1.50. The Hall–Kier alpha value is -1.13. The minimum Gasteiger partial charge on any atom is -0.481 e. The van der Waals surface area contributed by atoms with E-state index in [2.05, 4.69) is 10.3 Å². The predicted molar refractivity (Wildman–Crippen MR) is 52.4 cm³/mol. The Balaban J connectivity index is 2.07. The van der Waals surface area contributed by atoms with Crippen molar-refractivity contribution in [2.75, 3.05) is 26.9 Å². The van der Waals surface area contributed by atoms with Gasteiger partial charge >= 0.3 is 0 Å². The summed E-state index contributed by atoms with van der Waals surface area (Å²) in [6.45, 7) is 2.41. The number of hydrogen-bond acceptors (Lipinski definition) is 4. The molecule has 1 aliphatic heterocycles. The lowest BCUT2D eigenvalue weighted by Crippen LogP contribution is -2.34. The van der Waals surface area contributed by atoms with Crippen LogP contribution in [-0.4, -0.2) is 31.9 Å². The Labute approximate surface area is 83.2 Å². The van der Waals surface area contributed by atoms with Gasteiger partial charge in [0.2, 0.25) is 5.88 Å². The highest BCUT2D eigenvalue weighted by Gasteiger charge is 2.15. The number of pyridine rings is 1. The van der Waals surface area contributed by atoms with E-state index in [9.17, 15) is 0 Å². The number of morpholine rings is 1. The molecule has 4 heteroatoms. The topological polar surface area (TPSA) is 43.4 Å². The minimum absolute atomic E-state index is 0.266. The molecule has 0 spiro atoms. The normalized spacial score (nSPS) is 21.9. The van der Waals surface area contributed by atoms with E-state index in [4.69, 9.17) is 9.47 Å². The molecule has 1 saturated heterocycles. The third-order valence-corrected chi connectivity index (χ3v) is 2.29. The third kappa shape index (κ3) is 2.02. The molecule has 1 aromatic heterocycles. The summed E-state index contributed by atoms with van der Waals surface area (Å²) in [5.41, 5.74) is 1.14. The summed E-state index contributed by atoms with van der Waals surface area (Å²) in [4.78, 5) is 4.15. The van der Waals surface area contributed by atoms with E-state index in [0.29, 0.717) is 12.5 Å². The van der Waals surface area contributed by atoms with Crippen molar-refractivity contribution in [1.82, 2.24) is 10.3 Å². The van der Waals surface area contributed by atoms with E-state index in [1.54, 1.807) is 7.11 Å². The maximum Gasteiger partial charge on any atom is 0.212 e. The molecule has 0 radical (unpaired) electrons. The van der Waals surface area contributed by atoms with Crippen LogP contribution in [0.15, 0.2) is 18.3 Å². The van der Waals surface area contributed by atoms with Crippen LogP contribution in [-0.2, 0) is 4.74 Å². The molecule has 0 aliphatic carbocycles. The average Bonchev–Trinajstić information content (AvgIpc) is 2.30. The van der Waals surface area contributed by atoms with E-state index in [1.165, 1.54) is 0 Å². The minimum atomic E-state index is 0.266. The van der Waals surface area contributed by atoms with Crippen LogP contribution in [0.5, 0.6) is 5.88 Å². The van der Waals surface area contributed by atoms with Gasteiger partial charge in [0.25, 0.3) is 0 Å². The lowest BCUT2D eigenvalue weighted by Gasteiger charge is -2.23. The molecule has 2 rings (SSSR count). The van der Waals surface area contributed by atoms with Crippen molar-refractivity contribution in [3.63, 3.8) is 0 Å². The Morgan fingerprint density at radius 1 is 1.57 bits per heavy atom. The fourth-order valence-electron chi connectivity index (χ4n) is 1.50. The second-order valence-electron chi connectivity index (χ2n) is 3.22. The monoisotopic (exact) mass is 194 g/mol. The summed E-state index contributed by atoms with van der Waals surface area (Å²) < 4.78 is 10.4. The summed E-state index contributed by atoms with van der Waals surface area (Å²) in [6.07, 6.45) is 1.82. The average molecular weight is 194 g/mol. The molecule has 1 aromatic rings. The number of aromatic nitrogens is 1. The molecule has 14 heavy (non-hydrogen) atoms. The molecular formula is C10H14N2O2. The van der Waals surface area contributed by atoms with Gasteiger partial charge in [0, 0.05) is 18.8 Å². The Morgan fingerprint density at radius 2 is 2.50 bits per heavy atom. The zero-order valence-electron chi connectivity index (χ0n) is 8.19. The first-order valence-corrected chi connectivity index (χ1v) is 4.71. The first-order chi connectivity index (χ1) is 6.90. The smallest absolute Gasteiger partial charge is 0.212 e. The van der Waals surface area contributed by atoms with Gasteiger partial charge in [0.05, 0.1) is 26.4 Å². The van der Waals surface area contributed by atoms with Gasteiger partial charge in [-0.05, 0) is 5.56 Å². The maximum absolute atomic E-state index is 5.37. The molecule has 0 bridgehead atoms. The van der Waals surface area contributed by atoms with E-state index in [0.717, 1.165) is 18.7 Å². The summed E-state index contributed by atoms with van der Waals surface area (Å²) in [7, 11) is 1.62. The molecule has 1 atom stereocenters. The maximum atomic E-state index is 5.37. The van der Waals surface area contributed by atoms with E-state index < -0.39 is 0 Å². The summed E-state index contributed by atoms with van der Waals surface area (Å²) in [5, 5.41) is 3.37. The summed E-state index contributed by atoms with van der Waals surface area (Å²) in [6, 6.07) is 4.14. The molecule has 2 heterocycles. The summed E-state index contributed by atoms with van der Waals surface area (Å²) in [5.74, 6) is 0.644. The zero-order valence-corrected chi connectivity index (χ0v) is 8.19. The molecular weight excluding hydrogens is 180 g/mol. The molecule has 0 saturated carbocycles. The van der Waals surface area contributed by atoms with Gasteiger partial charge in [-0.25, -0.2) is 4.98 Å². The Bertz CT molecular complexity index is 281. The number of ether oxygens (including phenoxy) is 2. The lowest BCUT2D eigenvalue weighted by molar-refractivity contribution is 0.0767. The van der Waals surface area contributed by atoms with Gasteiger partial charge in [-0.1, -0.05) is 6.07 Å². The second-order valence-corrected chi connectivity index (χ2v) is 3.22. The van der Waals surface area contributed by atoms with Gasteiger partial charge < -0.3 is 14.8 Å². The highest BCUT2D eigenvalue weighted by molar-refractivity contribution is 5.21. The van der Waals surface area contributed by atoms with Crippen molar-refractivity contribution < 1.29 is 9.47 Å². The number of nitrogens with zero attached hydrogens (tertiary/aromatic N) is 1. The van der Waals surface area contributed by atoms with Crippen LogP contribution in [0.4, 0.5) is 0 Å². The van der Waals surface area contributed by atoms with Crippen LogP contribution in [0.3, 0.4) is 0 Å². The van der Waals surface area contributed by atoms with Crippen LogP contribution in [0.25, 0.3) is 0 Å². The van der Waals surface area contributed by atoms with Gasteiger partial charge in [0.15, 0.2) is 0 Å². The van der Waals surface area contributed by atoms with Crippen LogP contribution in [0, 0.1) is 0 Å². The second kappa shape index (κ2) is 4.39. The quantitative estimate of drug-likeness (QED) is 0.754. The van der Waals surface area contributed by atoms with Gasteiger partial charge in [0.1, 0.15) is 0 Å². The van der Waals surface area contributed by atoms with Gasteiger partial charge in [-0.2, -0.15) is 0 Å². The van der Waals surface area contributed by atoms with Gasteiger partial charge in [-0.15, -0.1) is 0 Å². The van der Waals surface area contributed by atoms with E-state index in [-0.39, 0.29) is 6.04 Å². The Morgan fingerprint density at radius 3 is 3.07 bits per heavy atom. The fraction of sp³-hybridized carbons (Fsp3) is 0.500. The first-order valence-electron chi connectivity index (χ1n) is 4.71. The van der Waals surface area contributed by atoms with Crippen molar-refractivity contribution in [2.45, 2.75) is 6.04 Å². The predicted octanol–water partition coefficient (Wildman–Crippen LogP) is 0.751. The SMILES string of the molecule is COc1ccc([C@H]2COCCN2)cn1. The van der Waals surface area contributed by atoms with Gasteiger partial charge in [-0.3, -0.25) is 0 Å². The van der Waals surface area contributed by atoms with Crippen LogP contribution in [0.2, 0.25) is 0 Å². The number of nitrogens with one attached hydrogen (secondary N) is 1. The van der Waals surface area contributed by atoms with Crippen LogP contribution < -0.4 is 10.1 Å². The molecule has 0 unspecified atom stereocenters. The Kier molecular flexibility index (Phi) is 2.96. The number of hydrogen-bond donors (Lipinski definition) is 1. The van der Waals surface area contributed by atoms with E-state index >= 15 is 0 Å². The molecule has 1 N–H and O–H groups in total. The molecule has 1 aliphatic rings. The van der Waals surface area contributed by atoms with Crippen molar-refractivity contribution in [3.05, 3.63) is 23.9 Å². The summed E-state index contributed by atoms with van der Waals surface area (Å²) >= 11 is 0. The zero-order chi connectivity index (χ0) is 9.80. The molecule has 0 amide bonds. The van der Waals surface area contributed by atoms with Crippen molar-refractivity contribution in [2.24, 2.45) is 0 Å². The highest BCUT2D eigenvalue weighted by Crippen LogP contribution is 2.16. The van der Waals surface area contributed by atoms with Crippen molar-refractivity contribution in [1.29, 1.82) is 0 Å². The molecule has 1 fully saturated rings. The number of rotatable bonds is 2. The highest BCUT2D eigenvalue weighted by atomic mass is 16.5. The first kappa shape index (κ1) is 9.43. The van der Waals surface area contributed by atoms with E-state index in [1.807, 2.05) is 18.3 Å².